The van der Waals surface area contributed by atoms with E-state index in [0.717, 1.165) is 5.56 Å². The van der Waals surface area contributed by atoms with E-state index < -0.39 is 6.61 Å². The van der Waals surface area contributed by atoms with Gasteiger partial charge in [-0.2, -0.15) is 8.78 Å². The zero-order valence-electron chi connectivity index (χ0n) is 15.9. The number of benzene rings is 2. The van der Waals surface area contributed by atoms with Crippen molar-refractivity contribution in [3.63, 3.8) is 0 Å². The van der Waals surface area contributed by atoms with Gasteiger partial charge in [0.2, 0.25) is 5.91 Å². The van der Waals surface area contributed by atoms with E-state index in [1.807, 2.05) is 6.07 Å². The van der Waals surface area contributed by atoms with Crippen molar-refractivity contribution in [3.8, 4) is 11.5 Å². The Labute approximate surface area is 167 Å². The van der Waals surface area contributed by atoms with Crippen molar-refractivity contribution in [1.29, 1.82) is 0 Å². The van der Waals surface area contributed by atoms with Gasteiger partial charge in [-0.3, -0.25) is 4.79 Å². The second-order valence-electron chi connectivity index (χ2n) is 5.96. The minimum absolute atomic E-state index is 0.0462. The number of para-hydroxylation sites is 1. The summed E-state index contributed by atoms with van der Waals surface area (Å²) >= 11 is 0. The zero-order chi connectivity index (χ0) is 21.1. The number of methoxy groups -OCH3 is 1. The Bertz CT molecular complexity index is 804. The van der Waals surface area contributed by atoms with Gasteiger partial charge in [0.15, 0.2) is 11.5 Å². The van der Waals surface area contributed by atoms with Crippen LogP contribution in [0.3, 0.4) is 0 Å². The molecule has 0 saturated heterocycles. The summed E-state index contributed by atoms with van der Waals surface area (Å²) in [6.07, 6.45) is 0.617. The second-order valence-corrected chi connectivity index (χ2v) is 5.96. The minimum atomic E-state index is -2.93. The van der Waals surface area contributed by atoms with Crippen molar-refractivity contribution in [2.75, 3.05) is 25.5 Å². The summed E-state index contributed by atoms with van der Waals surface area (Å²) in [6, 6.07) is 13.2. The van der Waals surface area contributed by atoms with E-state index in [0.29, 0.717) is 18.7 Å². The highest BCUT2D eigenvalue weighted by atomic mass is 19.3. The molecular formula is C20H23F2N3O4. The Morgan fingerprint density at radius 1 is 1.00 bits per heavy atom. The van der Waals surface area contributed by atoms with Crippen LogP contribution in [0, 0.1) is 0 Å². The molecule has 156 valence electrons. The Hall–Kier alpha value is -3.36. The first-order valence-corrected chi connectivity index (χ1v) is 8.96. The summed E-state index contributed by atoms with van der Waals surface area (Å²) in [7, 11) is 1.36. The lowest BCUT2D eigenvalue weighted by Crippen LogP contribution is -2.33. The van der Waals surface area contributed by atoms with Crippen molar-refractivity contribution in [2.45, 2.75) is 19.5 Å². The first kappa shape index (κ1) is 21.9. The largest absolute Gasteiger partial charge is 0.493 e. The quantitative estimate of drug-likeness (QED) is 0.565. The molecule has 2 rings (SSSR count). The van der Waals surface area contributed by atoms with Gasteiger partial charge >= 0.3 is 12.6 Å². The number of urea groups is 1. The maximum absolute atomic E-state index is 12.3. The lowest BCUT2D eigenvalue weighted by Gasteiger charge is -2.12. The summed E-state index contributed by atoms with van der Waals surface area (Å²) in [6.45, 7) is -2.39. The van der Waals surface area contributed by atoms with E-state index >= 15 is 0 Å². The lowest BCUT2D eigenvalue weighted by molar-refractivity contribution is -0.120. The van der Waals surface area contributed by atoms with E-state index in [2.05, 4.69) is 20.7 Å². The molecule has 3 N–H and O–H groups in total. The highest BCUT2D eigenvalue weighted by molar-refractivity contribution is 5.89. The molecule has 0 unspecified atom stereocenters. The first-order valence-electron chi connectivity index (χ1n) is 8.96. The maximum Gasteiger partial charge on any atom is 0.387 e. The smallest absolute Gasteiger partial charge is 0.387 e. The van der Waals surface area contributed by atoms with Crippen LogP contribution in [0.25, 0.3) is 0 Å². The summed E-state index contributed by atoms with van der Waals surface area (Å²) in [5.74, 6) is -0.0625. The molecule has 7 nitrogen and oxygen atoms in total. The second kappa shape index (κ2) is 11.5. The molecule has 0 heterocycles. The third-order valence-electron chi connectivity index (χ3n) is 3.85. The van der Waals surface area contributed by atoms with E-state index in [1.165, 1.54) is 13.2 Å². The Kier molecular flexibility index (Phi) is 8.68. The van der Waals surface area contributed by atoms with Gasteiger partial charge < -0.3 is 25.4 Å². The molecule has 9 heteroatoms. The SMILES string of the molecule is COc1cc(CCNC(=O)CCNC(=O)Nc2ccccc2)ccc1OC(F)F. The predicted molar refractivity (Wildman–Crippen MR) is 104 cm³/mol. The molecule has 0 saturated carbocycles. The van der Waals surface area contributed by atoms with Crippen molar-refractivity contribution >= 4 is 17.6 Å². The number of anilines is 1. The lowest BCUT2D eigenvalue weighted by atomic mass is 10.1. The molecule has 29 heavy (non-hydrogen) atoms. The van der Waals surface area contributed by atoms with Crippen LogP contribution in [0.5, 0.6) is 11.5 Å². The van der Waals surface area contributed by atoms with Gasteiger partial charge in [0.1, 0.15) is 0 Å². The van der Waals surface area contributed by atoms with Crippen LogP contribution in [0.15, 0.2) is 48.5 Å². The number of alkyl halides is 2. The van der Waals surface area contributed by atoms with Crippen molar-refractivity contribution < 1.29 is 27.8 Å². The number of ether oxygens (including phenoxy) is 2. The third kappa shape index (κ3) is 8.04. The van der Waals surface area contributed by atoms with E-state index in [9.17, 15) is 18.4 Å². The van der Waals surface area contributed by atoms with E-state index in [4.69, 9.17) is 4.74 Å². The van der Waals surface area contributed by atoms with Gasteiger partial charge in [-0.1, -0.05) is 24.3 Å². The fourth-order valence-corrected chi connectivity index (χ4v) is 2.48. The normalized spacial score (nSPS) is 10.3. The molecule has 0 bridgehead atoms. The maximum atomic E-state index is 12.3. The number of halogens is 2. The topological polar surface area (TPSA) is 88.7 Å². The van der Waals surface area contributed by atoms with Gasteiger partial charge in [0.25, 0.3) is 0 Å². The van der Waals surface area contributed by atoms with Crippen molar-refractivity contribution in [3.05, 3.63) is 54.1 Å². The molecule has 0 radical (unpaired) electrons. The monoisotopic (exact) mass is 407 g/mol. The van der Waals surface area contributed by atoms with E-state index in [-0.39, 0.29) is 36.4 Å². The predicted octanol–water partition coefficient (Wildman–Crippen LogP) is 3.17. The summed E-state index contributed by atoms with van der Waals surface area (Å²) in [5.41, 5.74) is 1.46. The number of nitrogens with one attached hydrogen (secondary N) is 3. The number of carbonyl (C=O) groups is 2. The summed E-state index contributed by atoms with van der Waals surface area (Å²) in [4.78, 5) is 23.6. The molecule has 0 fully saturated rings. The minimum Gasteiger partial charge on any atom is -0.493 e. The number of hydrogen-bond acceptors (Lipinski definition) is 4. The highest BCUT2D eigenvalue weighted by Crippen LogP contribution is 2.29. The number of rotatable bonds is 10. The van der Waals surface area contributed by atoms with Crippen LogP contribution < -0.4 is 25.4 Å². The highest BCUT2D eigenvalue weighted by Gasteiger charge is 2.11. The molecule has 0 spiro atoms. The van der Waals surface area contributed by atoms with Crippen LogP contribution in [-0.4, -0.2) is 38.7 Å². The average molecular weight is 407 g/mol. The fraction of sp³-hybridized carbons (Fsp3) is 0.300. The van der Waals surface area contributed by atoms with E-state index in [1.54, 1.807) is 36.4 Å². The van der Waals surface area contributed by atoms with Gasteiger partial charge in [-0.15, -0.1) is 0 Å². The number of carbonyl (C=O) groups excluding carboxylic acids is 2. The molecule has 0 atom stereocenters. The molecule has 0 aliphatic heterocycles. The van der Waals surface area contributed by atoms with Gasteiger partial charge in [0, 0.05) is 25.2 Å². The molecule has 0 aliphatic carbocycles. The Morgan fingerprint density at radius 2 is 1.76 bits per heavy atom. The molecule has 3 amide bonds. The van der Waals surface area contributed by atoms with Gasteiger partial charge in [-0.05, 0) is 36.2 Å². The number of hydrogen-bond donors (Lipinski definition) is 3. The van der Waals surface area contributed by atoms with Gasteiger partial charge in [0.05, 0.1) is 7.11 Å². The molecule has 0 aromatic heterocycles. The average Bonchev–Trinajstić information content (AvgIpc) is 2.69. The van der Waals surface area contributed by atoms with Crippen LogP contribution in [0.4, 0.5) is 19.3 Å². The van der Waals surface area contributed by atoms with Gasteiger partial charge in [-0.25, -0.2) is 4.79 Å². The van der Waals surface area contributed by atoms with Crippen molar-refractivity contribution in [1.82, 2.24) is 10.6 Å². The summed E-state index contributed by atoms with van der Waals surface area (Å²) < 4.78 is 34.1. The molecule has 2 aromatic rings. The van der Waals surface area contributed by atoms with Crippen LogP contribution in [-0.2, 0) is 11.2 Å². The number of amides is 3. The summed E-state index contributed by atoms with van der Waals surface area (Å²) in [5, 5.41) is 8.00. The fourth-order valence-electron chi connectivity index (χ4n) is 2.48. The van der Waals surface area contributed by atoms with Crippen LogP contribution in [0.2, 0.25) is 0 Å². The third-order valence-corrected chi connectivity index (χ3v) is 3.85. The van der Waals surface area contributed by atoms with Crippen molar-refractivity contribution in [2.24, 2.45) is 0 Å². The molecule has 0 aliphatic rings. The van der Waals surface area contributed by atoms with Crippen LogP contribution >= 0.6 is 0 Å². The Balaban J connectivity index is 1.67. The Morgan fingerprint density at radius 3 is 2.45 bits per heavy atom. The molecular weight excluding hydrogens is 384 g/mol. The zero-order valence-corrected chi connectivity index (χ0v) is 15.9. The molecule has 2 aromatic carbocycles. The first-order chi connectivity index (χ1) is 14.0. The van der Waals surface area contributed by atoms with Crippen LogP contribution in [0.1, 0.15) is 12.0 Å². The standard InChI is InChI=1S/C20H23F2N3O4/c1-28-17-13-14(7-8-16(17)29-19(21)22)9-11-23-18(26)10-12-24-20(27)25-15-5-3-2-4-6-15/h2-8,13,19H,9-12H2,1H3,(H,23,26)(H2,24,25,27).